The molecule has 0 atom stereocenters. The third-order valence-electron chi connectivity index (χ3n) is 5.82. The molecule has 14 heteroatoms. The maximum atomic E-state index is 12.6. The first-order valence-electron chi connectivity index (χ1n) is 12.3. The van der Waals surface area contributed by atoms with Gasteiger partial charge in [0.15, 0.2) is 4.34 Å². The summed E-state index contributed by atoms with van der Waals surface area (Å²) in [7, 11) is -3.66. The van der Waals surface area contributed by atoms with Gasteiger partial charge in [0, 0.05) is 25.1 Å². The second kappa shape index (κ2) is 13.8. The molecule has 0 unspecified atom stereocenters. The van der Waals surface area contributed by atoms with Gasteiger partial charge in [0.1, 0.15) is 12.0 Å². The molecular weight excluding hydrogens is 564 g/mol. The van der Waals surface area contributed by atoms with Gasteiger partial charge >= 0.3 is 5.97 Å². The smallest absolute Gasteiger partial charge is 0.343 e. The summed E-state index contributed by atoms with van der Waals surface area (Å²) in [5, 5.41) is 11.2. The van der Waals surface area contributed by atoms with Crippen LogP contribution >= 0.6 is 23.1 Å². The number of hydrogen-bond donors (Lipinski definition) is 1. The Morgan fingerprint density at radius 1 is 1.10 bits per heavy atom. The minimum absolute atomic E-state index is 0.0557. The highest BCUT2D eigenvalue weighted by Gasteiger charge is 2.22. The minimum Gasteiger partial charge on any atom is -0.464 e. The molecule has 3 rings (SSSR count). The van der Waals surface area contributed by atoms with E-state index in [-0.39, 0.29) is 33.8 Å². The predicted octanol–water partition coefficient (Wildman–Crippen LogP) is 4.41. The zero-order valence-electron chi connectivity index (χ0n) is 22.0. The first-order valence-corrected chi connectivity index (χ1v) is 15.6. The van der Waals surface area contributed by atoms with Crippen LogP contribution in [-0.2, 0) is 20.6 Å². The topological polar surface area (TPSA) is 149 Å². The first kappa shape index (κ1) is 30.5. The van der Waals surface area contributed by atoms with Gasteiger partial charge in [-0.3, -0.25) is 9.59 Å². The number of hydrogen-bond acceptors (Lipinski definition) is 11. The number of esters is 1. The number of aromatic nitrogens is 2. The molecule has 0 aliphatic carbocycles. The molecule has 0 radical (unpaired) electrons. The molecule has 1 aromatic carbocycles. The van der Waals surface area contributed by atoms with Crippen LogP contribution in [0.1, 0.15) is 56.7 Å². The van der Waals surface area contributed by atoms with Crippen molar-refractivity contribution in [1.82, 2.24) is 14.5 Å². The van der Waals surface area contributed by atoms with E-state index in [4.69, 9.17) is 9.15 Å². The molecule has 3 aromatic rings. The van der Waals surface area contributed by atoms with E-state index in [1.165, 1.54) is 57.7 Å². The number of carbonyl (C=O) groups is 2. The quantitative estimate of drug-likeness (QED) is 0.171. The van der Waals surface area contributed by atoms with E-state index in [9.17, 15) is 22.8 Å². The lowest BCUT2D eigenvalue weighted by Gasteiger charge is -2.18. The van der Waals surface area contributed by atoms with E-state index in [1.54, 1.807) is 13.8 Å². The summed E-state index contributed by atoms with van der Waals surface area (Å²) in [4.78, 5) is 37.3. The van der Waals surface area contributed by atoms with Gasteiger partial charge in [0.2, 0.25) is 32.2 Å². The van der Waals surface area contributed by atoms with Crippen LogP contribution in [-0.4, -0.2) is 47.9 Å². The Morgan fingerprint density at radius 2 is 1.77 bits per heavy atom. The van der Waals surface area contributed by atoms with Crippen LogP contribution in [0.2, 0.25) is 0 Å². The van der Waals surface area contributed by atoms with Gasteiger partial charge < -0.3 is 14.5 Å². The number of carbonyl (C=O) groups excluding carboxylic acids is 2. The highest BCUT2D eigenvalue weighted by Crippen LogP contribution is 2.29. The molecule has 0 aliphatic rings. The number of nitrogens with one attached hydrogen (secondary N) is 1. The number of nitrogens with zero attached hydrogens (tertiary/aromatic N) is 3. The van der Waals surface area contributed by atoms with Gasteiger partial charge in [-0.2, -0.15) is 4.31 Å². The van der Waals surface area contributed by atoms with Crippen LogP contribution in [0, 0.1) is 5.92 Å². The summed E-state index contributed by atoms with van der Waals surface area (Å²) in [5.41, 5.74) is -0.475. The number of sulfonamides is 1. The fraction of sp³-hybridized carbons (Fsp3) is 0.400. The average Bonchev–Trinajstić information content (AvgIpc) is 3.37. The molecule has 2 heterocycles. The summed E-state index contributed by atoms with van der Waals surface area (Å²) in [6, 6.07) is 6.52. The molecular formula is C25H30N4O7S3. The third kappa shape index (κ3) is 7.75. The number of anilines is 1. The van der Waals surface area contributed by atoms with Gasteiger partial charge in [0.25, 0.3) is 0 Å². The van der Waals surface area contributed by atoms with E-state index >= 15 is 0 Å². The van der Waals surface area contributed by atoms with Crippen molar-refractivity contribution in [2.24, 2.45) is 5.92 Å². The van der Waals surface area contributed by atoms with E-state index < -0.39 is 21.4 Å². The molecule has 210 valence electrons. The molecule has 0 saturated carbocycles. The molecule has 0 bridgehead atoms. The maximum absolute atomic E-state index is 12.6. The van der Waals surface area contributed by atoms with Crippen molar-refractivity contribution < 1.29 is 27.2 Å². The fourth-order valence-electron chi connectivity index (χ4n) is 3.54. The predicted molar refractivity (Wildman–Crippen MR) is 149 cm³/mol. The lowest BCUT2D eigenvalue weighted by Crippen LogP contribution is -2.30. The summed E-state index contributed by atoms with van der Waals surface area (Å²) < 4.78 is 37.7. The van der Waals surface area contributed by atoms with Crippen molar-refractivity contribution in [2.45, 2.75) is 55.5 Å². The van der Waals surface area contributed by atoms with Crippen LogP contribution < -0.4 is 15.5 Å². The van der Waals surface area contributed by atoms with Gasteiger partial charge in [-0.1, -0.05) is 50.8 Å². The molecule has 0 aliphatic heterocycles. The normalized spacial score (nSPS) is 11.6. The number of thioether (sulfide) groups is 1. The first-order chi connectivity index (χ1) is 18.6. The molecule has 0 fully saturated rings. The molecule has 1 amide bonds. The fourth-order valence-corrected chi connectivity index (χ4v) is 6.64. The molecule has 39 heavy (non-hydrogen) atoms. The highest BCUT2D eigenvalue weighted by atomic mass is 32.2. The number of amides is 1. The van der Waals surface area contributed by atoms with Gasteiger partial charge in [0.05, 0.1) is 16.2 Å². The zero-order valence-corrected chi connectivity index (χ0v) is 24.5. The Bertz CT molecular complexity index is 1440. The SMILES string of the molecule is CCC(CC)C(=O)Nc1nnc(SCc2cc(=O)c(OC(=O)c3ccc(S(=O)(=O)N(CC)CC)cc3)co2)s1. The second-order valence-electron chi connectivity index (χ2n) is 8.24. The summed E-state index contributed by atoms with van der Waals surface area (Å²) in [5.74, 6) is -0.706. The van der Waals surface area contributed by atoms with Crippen molar-refractivity contribution in [3.63, 3.8) is 0 Å². The van der Waals surface area contributed by atoms with Crippen molar-refractivity contribution in [3.05, 3.63) is 58.1 Å². The summed E-state index contributed by atoms with van der Waals surface area (Å²) in [6.07, 6.45) is 2.53. The Hall–Kier alpha value is -3.07. The van der Waals surface area contributed by atoms with Crippen molar-refractivity contribution in [2.75, 3.05) is 18.4 Å². The van der Waals surface area contributed by atoms with E-state index in [1.807, 2.05) is 13.8 Å². The number of rotatable bonds is 13. The van der Waals surface area contributed by atoms with Crippen molar-refractivity contribution in [3.8, 4) is 5.75 Å². The Kier molecular flexibility index (Phi) is 10.8. The standard InChI is InChI=1S/C25H30N4O7S3/c1-5-16(6-2)22(31)26-24-27-28-25(38-24)37-15-18-13-20(30)21(14-35-18)36-23(32)17-9-11-19(12-10-17)39(33,34)29(7-3)8-4/h9-14,16H,5-8,15H2,1-4H3,(H,26,27,31). The molecule has 2 aromatic heterocycles. The lowest BCUT2D eigenvalue weighted by molar-refractivity contribution is -0.120. The minimum atomic E-state index is -3.66. The molecule has 0 spiro atoms. The molecule has 11 nitrogen and oxygen atoms in total. The van der Waals surface area contributed by atoms with E-state index in [2.05, 4.69) is 15.5 Å². The average molecular weight is 595 g/mol. The lowest BCUT2D eigenvalue weighted by atomic mass is 10.0. The second-order valence-corrected chi connectivity index (χ2v) is 12.4. The number of ether oxygens (including phenoxy) is 1. The van der Waals surface area contributed by atoms with Crippen LogP contribution in [0.5, 0.6) is 5.75 Å². The van der Waals surface area contributed by atoms with Crippen LogP contribution in [0.3, 0.4) is 0 Å². The zero-order chi connectivity index (χ0) is 28.6. The number of benzene rings is 1. The molecule has 1 N–H and O–H groups in total. The third-order valence-corrected chi connectivity index (χ3v) is 9.88. The monoisotopic (exact) mass is 594 g/mol. The van der Waals surface area contributed by atoms with Crippen molar-refractivity contribution in [1.29, 1.82) is 0 Å². The maximum Gasteiger partial charge on any atom is 0.343 e. The van der Waals surface area contributed by atoms with Crippen molar-refractivity contribution >= 4 is 50.1 Å². The highest BCUT2D eigenvalue weighted by molar-refractivity contribution is 8.00. The van der Waals surface area contributed by atoms with Gasteiger partial charge in [-0.15, -0.1) is 10.2 Å². The Balaban J connectivity index is 1.59. The van der Waals surface area contributed by atoms with E-state index in [0.29, 0.717) is 28.3 Å². The van der Waals surface area contributed by atoms with Crippen LogP contribution in [0.4, 0.5) is 5.13 Å². The molecule has 0 saturated heterocycles. The Morgan fingerprint density at radius 3 is 2.36 bits per heavy atom. The Labute approximate surface area is 235 Å². The van der Waals surface area contributed by atoms with Gasteiger partial charge in [-0.25, -0.2) is 13.2 Å². The van der Waals surface area contributed by atoms with Crippen LogP contribution in [0.15, 0.2) is 55.0 Å². The summed E-state index contributed by atoms with van der Waals surface area (Å²) >= 11 is 2.49. The van der Waals surface area contributed by atoms with E-state index in [0.717, 1.165) is 19.1 Å². The largest absolute Gasteiger partial charge is 0.464 e. The van der Waals surface area contributed by atoms with Crippen LogP contribution in [0.25, 0.3) is 0 Å². The van der Waals surface area contributed by atoms with Gasteiger partial charge in [-0.05, 0) is 37.1 Å². The summed E-state index contributed by atoms with van der Waals surface area (Å²) in [6.45, 7) is 8.04.